The molecule has 4 aromatic rings. The number of hydrogen-bond acceptors (Lipinski definition) is 7. The van der Waals surface area contributed by atoms with Crippen LogP contribution in [0.15, 0.2) is 78.9 Å². The van der Waals surface area contributed by atoms with Gasteiger partial charge < -0.3 is 23.8 Å². The highest BCUT2D eigenvalue weighted by molar-refractivity contribution is 5.97. The molecular formula is C36H36N2O6. The number of benzene rings is 4. The Morgan fingerprint density at radius 2 is 1.57 bits per heavy atom. The highest BCUT2D eigenvalue weighted by atomic mass is 16.6. The average Bonchev–Trinajstić information content (AvgIpc) is 3.34. The lowest BCUT2D eigenvalue weighted by Crippen LogP contribution is -2.34. The zero-order chi connectivity index (χ0) is 31.0. The molecule has 0 fully saturated rings. The molecule has 2 aliphatic rings. The Morgan fingerprint density at radius 3 is 2.27 bits per heavy atom. The molecule has 1 amide bonds. The first-order valence-corrected chi connectivity index (χ1v) is 15.0. The van der Waals surface area contributed by atoms with E-state index in [4.69, 9.17) is 18.9 Å². The van der Waals surface area contributed by atoms with Crippen LogP contribution in [0, 0.1) is 6.92 Å². The van der Waals surface area contributed by atoms with E-state index in [1.165, 1.54) is 0 Å². The van der Waals surface area contributed by atoms with Crippen LogP contribution in [0.3, 0.4) is 0 Å². The number of esters is 1. The number of ether oxygens (including phenoxy) is 4. The third-order valence-electron chi connectivity index (χ3n) is 8.49. The Kier molecular flexibility index (Phi) is 7.67. The van der Waals surface area contributed by atoms with Crippen LogP contribution in [0.4, 0.5) is 16.2 Å². The number of fused-ring (bicyclic) bond motifs is 6. The average molecular weight is 593 g/mol. The number of amides is 1. The summed E-state index contributed by atoms with van der Waals surface area (Å²) < 4.78 is 23.8. The SMILES string of the molecule is CCN(CC)c1cc2c(cc1C)C1(OC(=O)c3ccccc31)c1ccc(N(CC)C(=O)OCc3ccc(OC)cc3)cc1O2. The largest absolute Gasteiger partial charge is 0.497 e. The normalized spacial score (nSPS) is 15.9. The molecule has 44 heavy (non-hydrogen) atoms. The van der Waals surface area contributed by atoms with E-state index in [2.05, 4.69) is 31.7 Å². The van der Waals surface area contributed by atoms with Crippen molar-refractivity contribution in [2.75, 3.05) is 36.5 Å². The molecule has 0 N–H and O–H groups in total. The second-order valence-electron chi connectivity index (χ2n) is 10.9. The molecule has 0 aliphatic carbocycles. The van der Waals surface area contributed by atoms with Gasteiger partial charge in [0.15, 0.2) is 5.60 Å². The quantitative estimate of drug-likeness (QED) is 0.195. The summed E-state index contributed by atoms with van der Waals surface area (Å²) in [5, 5.41) is 0. The fourth-order valence-corrected chi connectivity index (χ4v) is 6.24. The van der Waals surface area contributed by atoms with Gasteiger partial charge in [0.25, 0.3) is 0 Å². The first kappa shape index (κ1) is 29.1. The lowest BCUT2D eigenvalue weighted by atomic mass is 9.77. The van der Waals surface area contributed by atoms with E-state index < -0.39 is 11.7 Å². The van der Waals surface area contributed by atoms with E-state index in [9.17, 15) is 9.59 Å². The van der Waals surface area contributed by atoms with Gasteiger partial charge >= 0.3 is 12.1 Å². The maximum Gasteiger partial charge on any atom is 0.414 e. The number of methoxy groups -OCH3 is 1. The smallest absolute Gasteiger partial charge is 0.414 e. The zero-order valence-corrected chi connectivity index (χ0v) is 25.7. The van der Waals surface area contributed by atoms with Gasteiger partial charge in [0.05, 0.1) is 18.4 Å². The monoisotopic (exact) mass is 592 g/mol. The predicted molar refractivity (Wildman–Crippen MR) is 169 cm³/mol. The molecule has 226 valence electrons. The molecule has 2 aliphatic heterocycles. The van der Waals surface area contributed by atoms with Crippen LogP contribution in [0.5, 0.6) is 17.2 Å². The number of carbonyl (C=O) groups is 2. The van der Waals surface area contributed by atoms with Crippen LogP contribution in [0.2, 0.25) is 0 Å². The highest BCUT2D eigenvalue weighted by Gasteiger charge is 2.53. The van der Waals surface area contributed by atoms with Gasteiger partial charge in [-0.1, -0.05) is 30.3 Å². The minimum absolute atomic E-state index is 0.122. The molecule has 0 bridgehead atoms. The van der Waals surface area contributed by atoms with Gasteiger partial charge in [0, 0.05) is 54.1 Å². The molecular weight excluding hydrogens is 556 g/mol. The molecule has 4 aromatic carbocycles. The molecule has 0 saturated heterocycles. The van der Waals surface area contributed by atoms with Crippen molar-refractivity contribution in [2.24, 2.45) is 0 Å². The molecule has 0 aromatic heterocycles. The van der Waals surface area contributed by atoms with Gasteiger partial charge in [-0.15, -0.1) is 0 Å². The number of aryl methyl sites for hydroxylation is 1. The Labute approximate surface area is 257 Å². The molecule has 1 unspecified atom stereocenters. The number of rotatable bonds is 8. The zero-order valence-electron chi connectivity index (χ0n) is 25.7. The summed E-state index contributed by atoms with van der Waals surface area (Å²) in [6.45, 7) is 10.4. The van der Waals surface area contributed by atoms with Crippen molar-refractivity contribution in [2.45, 2.75) is 39.9 Å². The lowest BCUT2D eigenvalue weighted by molar-refractivity contribution is 0.0224. The van der Waals surface area contributed by atoms with Crippen molar-refractivity contribution < 1.29 is 28.5 Å². The maximum absolute atomic E-state index is 13.3. The molecule has 1 atom stereocenters. The fraction of sp³-hybridized carbons (Fsp3) is 0.278. The second kappa shape index (κ2) is 11.6. The summed E-state index contributed by atoms with van der Waals surface area (Å²) in [5.74, 6) is 1.47. The van der Waals surface area contributed by atoms with Gasteiger partial charge in [-0.05, 0) is 75.2 Å². The molecule has 0 radical (unpaired) electrons. The fourth-order valence-electron chi connectivity index (χ4n) is 6.24. The van der Waals surface area contributed by atoms with Gasteiger partial charge in [-0.2, -0.15) is 0 Å². The molecule has 2 heterocycles. The minimum Gasteiger partial charge on any atom is -0.497 e. The Morgan fingerprint density at radius 1 is 0.841 bits per heavy atom. The van der Waals surface area contributed by atoms with Crippen LogP contribution in [0.1, 0.15) is 58.9 Å². The van der Waals surface area contributed by atoms with E-state index in [-0.39, 0.29) is 12.6 Å². The molecule has 1 spiro atoms. The van der Waals surface area contributed by atoms with Gasteiger partial charge in [-0.3, -0.25) is 4.90 Å². The summed E-state index contributed by atoms with van der Waals surface area (Å²) >= 11 is 0. The third kappa shape index (κ3) is 4.71. The van der Waals surface area contributed by atoms with Crippen molar-refractivity contribution in [1.82, 2.24) is 0 Å². The van der Waals surface area contributed by atoms with Crippen molar-refractivity contribution in [3.8, 4) is 17.2 Å². The summed E-state index contributed by atoms with van der Waals surface area (Å²) in [6.07, 6.45) is -0.480. The standard InChI is InChI=1S/C36H36N2O6/c1-6-37(7-2)31-21-33-30(19-23(31)4)36(28-12-10-9-11-27(28)34(39)44-36)29-18-15-25(20-32(29)43-33)38(8-3)35(40)42-22-24-13-16-26(41-5)17-14-24/h9-21H,6-8,22H2,1-5H3. The van der Waals surface area contributed by atoms with Crippen molar-refractivity contribution >= 4 is 23.4 Å². The first-order valence-electron chi connectivity index (χ1n) is 15.0. The number of carbonyl (C=O) groups excluding carboxylic acids is 2. The molecule has 8 nitrogen and oxygen atoms in total. The number of anilines is 2. The van der Waals surface area contributed by atoms with E-state index in [1.807, 2.05) is 73.7 Å². The summed E-state index contributed by atoms with van der Waals surface area (Å²) in [5.41, 5.74) is 5.16. The minimum atomic E-state index is -1.19. The Hall–Kier alpha value is -4.98. The van der Waals surface area contributed by atoms with Crippen molar-refractivity contribution in [1.29, 1.82) is 0 Å². The lowest BCUT2D eigenvalue weighted by Gasteiger charge is -2.38. The predicted octanol–water partition coefficient (Wildman–Crippen LogP) is 7.58. The van der Waals surface area contributed by atoms with Gasteiger partial charge in [-0.25, -0.2) is 9.59 Å². The van der Waals surface area contributed by atoms with Crippen molar-refractivity contribution in [3.63, 3.8) is 0 Å². The second-order valence-corrected chi connectivity index (χ2v) is 10.9. The van der Waals surface area contributed by atoms with Crippen LogP contribution in [0.25, 0.3) is 0 Å². The van der Waals surface area contributed by atoms with E-state index in [0.717, 1.165) is 46.8 Å². The van der Waals surface area contributed by atoms with Crippen molar-refractivity contribution in [3.05, 3.63) is 112 Å². The van der Waals surface area contributed by atoms with E-state index in [0.29, 0.717) is 34.9 Å². The van der Waals surface area contributed by atoms with Crippen LogP contribution in [-0.4, -0.2) is 38.8 Å². The first-order chi connectivity index (χ1) is 21.3. The van der Waals surface area contributed by atoms with Crippen LogP contribution < -0.4 is 19.3 Å². The molecule has 0 saturated carbocycles. The molecule has 6 rings (SSSR count). The Bertz CT molecular complexity index is 1730. The summed E-state index contributed by atoms with van der Waals surface area (Å²) in [4.78, 5) is 30.4. The Balaban J connectivity index is 1.41. The van der Waals surface area contributed by atoms with Crippen LogP contribution >= 0.6 is 0 Å². The number of hydrogen-bond donors (Lipinski definition) is 0. The van der Waals surface area contributed by atoms with E-state index in [1.54, 1.807) is 18.1 Å². The van der Waals surface area contributed by atoms with E-state index >= 15 is 0 Å². The summed E-state index contributed by atoms with van der Waals surface area (Å²) in [7, 11) is 1.61. The summed E-state index contributed by atoms with van der Waals surface area (Å²) in [6, 6.07) is 24.5. The molecule has 8 heteroatoms. The highest BCUT2D eigenvalue weighted by Crippen LogP contribution is 2.57. The maximum atomic E-state index is 13.3. The van der Waals surface area contributed by atoms with Gasteiger partial charge in [0.2, 0.25) is 0 Å². The third-order valence-corrected chi connectivity index (χ3v) is 8.49. The number of nitrogens with zero attached hydrogens (tertiary/aromatic N) is 2. The topological polar surface area (TPSA) is 77.5 Å². The van der Waals surface area contributed by atoms with Crippen LogP contribution in [-0.2, 0) is 21.7 Å². The van der Waals surface area contributed by atoms with Gasteiger partial charge in [0.1, 0.15) is 23.9 Å².